The molecule has 2 aromatic rings. The third-order valence-corrected chi connectivity index (χ3v) is 6.45. The van der Waals surface area contributed by atoms with Crippen LogP contribution in [0.25, 0.3) is 0 Å². The van der Waals surface area contributed by atoms with E-state index >= 15 is 0 Å². The average molecular weight is 426 g/mol. The summed E-state index contributed by atoms with van der Waals surface area (Å²) in [7, 11) is 2.00. The summed E-state index contributed by atoms with van der Waals surface area (Å²) in [5, 5.41) is 13.2. The number of hydrogen-bond donors (Lipinski definition) is 2. The number of hydrogen-bond acceptors (Lipinski definition) is 5. The fraction of sp³-hybridized carbons (Fsp3) is 0.500. The Morgan fingerprint density at radius 2 is 2.00 bits per heavy atom. The number of nitrogens with zero attached hydrogens (tertiary/aromatic N) is 2. The summed E-state index contributed by atoms with van der Waals surface area (Å²) >= 11 is 0. The molecule has 0 aliphatic carbocycles. The molecule has 2 N–H and O–H groups in total. The molecule has 1 aromatic heterocycles. The van der Waals surface area contributed by atoms with Crippen LogP contribution in [0.5, 0.6) is 5.75 Å². The van der Waals surface area contributed by atoms with Crippen LogP contribution in [0.3, 0.4) is 0 Å². The number of amides is 2. The molecule has 0 saturated carbocycles. The van der Waals surface area contributed by atoms with Crippen LogP contribution in [-0.2, 0) is 17.8 Å². The standard InChI is InChI=1S/C24H31N3O4/c1-15-11-21(16(2)31-15)23(29)25-19-8-7-18(12-26(3)14-19)24(30)27-10-9-20-17(13-27)5-4-6-22(20)28/h4-6,11,18-19,28H,7-10,12-14H2,1-3H3,(H,25,29)/t18-,19+/m1/s1. The summed E-state index contributed by atoms with van der Waals surface area (Å²) in [5.41, 5.74) is 2.56. The Balaban J connectivity index is 1.38. The monoisotopic (exact) mass is 425 g/mol. The molecule has 0 radical (unpaired) electrons. The lowest BCUT2D eigenvalue weighted by Gasteiger charge is -2.32. The summed E-state index contributed by atoms with van der Waals surface area (Å²) in [6, 6.07) is 7.28. The Morgan fingerprint density at radius 1 is 1.19 bits per heavy atom. The average Bonchev–Trinajstić information content (AvgIpc) is 2.96. The lowest BCUT2D eigenvalue weighted by molar-refractivity contribution is -0.137. The van der Waals surface area contributed by atoms with E-state index in [1.54, 1.807) is 19.1 Å². The lowest BCUT2D eigenvalue weighted by atomic mass is 9.95. The van der Waals surface area contributed by atoms with E-state index < -0.39 is 0 Å². The van der Waals surface area contributed by atoms with Crippen molar-refractivity contribution >= 4 is 11.8 Å². The highest BCUT2D eigenvalue weighted by Gasteiger charge is 2.32. The largest absolute Gasteiger partial charge is 0.508 e. The van der Waals surface area contributed by atoms with Crippen molar-refractivity contribution < 1.29 is 19.1 Å². The highest BCUT2D eigenvalue weighted by Crippen LogP contribution is 2.28. The molecule has 166 valence electrons. The van der Waals surface area contributed by atoms with Crippen LogP contribution in [0.4, 0.5) is 0 Å². The van der Waals surface area contributed by atoms with Crippen molar-refractivity contribution in [2.24, 2.45) is 5.92 Å². The number of aromatic hydroxyl groups is 1. The molecule has 1 saturated heterocycles. The second-order valence-electron chi connectivity index (χ2n) is 8.92. The number of rotatable bonds is 3. The van der Waals surface area contributed by atoms with Gasteiger partial charge in [0.2, 0.25) is 5.91 Å². The number of fused-ring (bicyclic) bond motifs is 1. The van der Waals surface area contributed by atoms with E-state index in [4.69, 9.17) is 4.42 Å². The predicted octanol–water partition coefficient (Wildman–Crippen LogP) is 2.63. The fourth-order valence-electron chi connectivity index (χ4n) is 4.89. The van der Waals surface area contributed by atoms with Gasteiger partial charge in [0.1, 0.15) is 17.3 Å². The Labute approximate surface area is 183 Å². The zero-order valence-corrected chi connectivity index (χ0v) is 18.5. The number of phenols is 1. The minimum absolute atomic E-state index is 0.0102. The maximum Gasteiger partial charge on any atom is 0.255 e. The van der Waals surface area contributed by atoms with Gasteiger partial charge in [-0.2, -0.15) is 0 Å². The van der Waals surface area contributed by atoms with E-state index in [2.05, 4.69) is 10.2 Å². The molecule has 31 heavy (non-hydrogen) atoms. The molecule has 4 rings (SSSR count). The van der Waals surface area contributed by atoms with E-state index in [0.717, 1.165) is 29.7 Å². The highest BCUT2D eigenvalue weighted by molar-refractivity contribution is 5.95. The molecular formula is C24H31N3O4. The van der Waals surface area contributed by atoms with Crippen LogP contribution >= 0.6 is 0 Å². The number of phenolic OH excluding ortho intramolecular Hbond substituents is 1. The number of furan rings is 1. The number of likely N-dealkylation sites (tertiary alicyclic amines) is 1. The molecule has 2 aliphatic rings. The van der Waals surface area contributed by atoms with Gasteiger partial charge in [0, 0.05) is 37.8 Å². The van der Waals surface area contributed by atoms with Crippen molar-refractivity contribution in [3.8, 4) is 5.75 Å². The van der Waals surface area contributed by atoms with Gasteiger partial charge in [0.05, 0.1) is 11.5 Å². The molecule has 0 spiro atoms. The number of likely N-dealkylation sites (N-methyl/N-ethyl adjacent to an activating group) is 1. The first kappa shape index (κ1) is 21.4. The number of aryl methyl sites for hydroxylation is 2. The summed E-state index contributed by atoms with van der Waals surface area (Å²) in [4.78, 5) is 30.0. The van der Waals surface area contributed by atoms with E-state index in [-0.39, 0.29) is 23.8 Å². The van der Waals surface area contributed by atoms with Crippen LogP contribution < -0.4 is 5.32 Å². The number of nitrogens with one attached hydrogen (secondary N) is 1. The molecule has 1 aromatic carbocycles. The third-order valence-electron chi connectivity index (χ3n) is 6.45. The number of carbonyl (C=O) groups excluding carboxylic acids is 2. The minimum Gasteiger partial charge on any atom is -0.508 e. The third kappa shape index (κ3) is 4.61. The summed E-state index contributed by atoms with van der Waals surface area (Å²) < 4.78 is 5.48. The smallest absolute Gasteiger partial charge is 0.255 e. The molecule has 7 nitrogen and oxygen atoms in total. The first-order chi connectivity index (χ1) is 14.8. The maximum atomic E-state index is 13.3. The van der Waals surface area contributed by atoms with Gasteiger partial charge in [-0.3, -0.25) is 9.59 Å². The molecule has 1 fully saturated rings. The van der Waals surface area contributed by atoms with Crippen molar-refractivity contribution in [2.45, 2.75) is 45.7 Å². The molecule has 0 bridgehead atoms. The van der Waals surface area contributed by atoms with Gasteiger partial charge in [-0.15, -0.1) is 0 Å². The Bertz CT molecular complexity index is 983. The van der Waals surface area contributed by atoms with E-state index in [1.165, 1.54) is 0 Å². The lowest BCUT2D eigenvalue weighted by Crippen LogP contribution is -2.43. The van der Waals surface area contributed by atoms with E-state index in [9.17, 15) is 14.7 Å². The molecule has 3 heterocycles. The Hall–Kier alpha value is -2.80. The normalized spacial score (nSPS) is 22.0. The second kappa shape index (κ2) is 8.75. The summed E-state index contributed by atoms with van der Waals surface area (Å²) in [6.45, 7) is 6.19. The van der Waals surface area contributed by atoms with Crippen molar-refractivity contribution in [3.05, 3.63) is 52.5 Å². The quantitative estimate of drug-likeness (QED) is 0.790. The number of benzene rings is 1. The topological polar surface area (TPSA) is 86.0 Å². The van der Waals surface area contributed by atoms with Crippen molar-refractivity contribution in [1.29, 1.82) is 0 Å². The maximum absolute atomic E-state index is 13.3. The molecule has 7 heteroatoms. The second-order valence-corrected chi connectivity index (χ2v) is 8.92. The molecular weight excluding hydrogens is 394 g/mol. The van der Waals surface area contributed by atoms with Crippen LogP contribution in [0.2, 0.25) is 0 Å². The van der Waals surface area contributed by atoms with Crippen molar-refractivity contribution in [2.75, 3.05) is 26.7 Å². The van der Waals surface area contributed by atoms with Gasteiger partial charge in [-0.1, -0.05) is 12.1 Å². The first-order valence-electron chi connectivity index (χ1n) is 11.0. The van der Waals surface area contributed by atoms with Gasteiger partial charge in [0.15, 0.2) is 0 Å². The van der Waals surface area contributed by atoms with Gasteiger partial charge >= 0.3 is 0 Å². The molecule has 2 atom stereocenters. The molecule has 0 unspecified atom stereocenters. The SMILES string of the molecule is Cc1cc(C(=O)N[C@H]2CC[C@@H](C(=O)N3CCc4c(O)cccc4C3)CN(C)C2)c(C)o1. The van der Waals surface area contributed by atoms with Crippen LogP contribution in [0.15, 0.2) is 28.7 Å². The minimum atomic E-state index is -0.120. The van der Waals surface area contributed by atoms with Gasteiger partial charge in [-0.25, -0.2) is 0 Å². The summed E-state index contributed by atoms with van der Waals surface area (Å²) in [5.74, 6) is 1.62. The van der Waals surface area contributed by atoms with Gasteiger partial charge in [0.25, 0.3) is 5.91 Å². The first-order valence-corrected chi connectivity index (χ1v) is 11.0. The van der Waals surface area contributed by atoms with Gasteiger partial charge in [-0.05, 0) is 57.9 Å². The Morgan fingerprint density at radius 3 is 2.74 bits per heavy atom. The predicted molar refractivity (Wildman–Crippen MR) is 117 cm³/mol. The number of carbonyl (C=O) groups is 2. The van der Waals surface area contributed by atoms with Crippen molar-refractivity contribution in [3.63, 3.8) is 0 Å². The van der Waals surface area contributed by atoms with Crippen molar-refractivity contribution in [1.82, 2.24) is 15.1 Å². The zero-order chi connectivity index (χ0) is 22.1. The summed E-state index contributed by atoms with van der Waals surface area (Å²) in [6.07, 6.45) is 2.17. The van der Waals surface area contributed by atoms with E-state index in [0.29, 0.717) is 49.7 Å². The van der Waals surface area contributed by atoms with Crippen LogP contribution in [0, 0.1) is 19.8 Å². The highest BCUT2D eigenvalue weighted by atomic mass is 16.3. The Kier molecular flexibility index (Phi) is 6.05. The van der Waals surface area contributed by atoms with Crippen LogP contribution in [-0.4, -0.2) is 59.4 Å². The van der Waals surface area contributed by atoms with Gasteiger partial charge < -0.3 is 24.6 Å². The molecule has 2 aliphatic heterocycles. The van der Waals surface area contributed by atoms with E-state index in [1.807, 2.05) is 31.0 Å². The zero-order valence-electron chi connectivity index (χ0n) is 18.5. The molecule has 2 amide bonds. The fourth-order valence-corrected chi connectivity index (χ4v) is 4.89. The van der Waals surface area contributed by atoms with Crippen LogP contribution in [0.1, 0.15) is 45.8 Å².